The van der Waals surface area contributed by atoms with Crippen LogP contribution < -0.4 is 4.74 Å². The third kappa shape index (κ3) is 3.91. The molecule has 0 aliphatic carbocycles. The normalized spacial score (nSPS) is 10.6. The lowest BCUT2D eigenvalue weighted by Gasteiger charge is -2.10. The van der Waals surface area contributed by atoms with E-state index >= 15 is 0 Å². The Morgan fingerprint density at radius 2 is 1.80 bits per heavy atom. The van der Waals surface area contributed by atoms with Crippen LogP contribution in [-0.4, -0.2) is 11.7 Å². The molecule has 0 heterocycles. The lowest BCUT2D eigenvalue weighted by molar-refractivity contribution is 0.310. The fourth-order valence-electron chi connectivity index (χ4n) is 2.22. The van der Waals surface area contributed by atoms with Gasteiger partial charge in [0.25, 0.3) is 0 Å². The van der Waals surface area contributed by atoms with Crippen LogP contribution in [0.2, 0.25) is 5.02 Å². The average Bonchev–Trinajstić information content (AvgIpc) is 2.42. The molecule has 0 radical (unpaired) electrons. The summed E-state index contributed by atoms with van der Waals surface area (Å²) in [5.41, 5.74) is 3.09. The molecule has 3 heteroatoms. The lowest BCUT2D eigenvalue weighted by Crippen LogP contribution is -2.00. The van der Waals surface area contributed by atoms with Gasteiger partial charge in [-0.25, -0.2) is 0 Å². The van der Waals surface area contributed by atoms with Gasteiger partial charge in [0.1, 0.15) is 11.5 Å². The maximum atomic E-state index is 10.0. The van der Waals surface area contributed by atoms with E-state index in [0.717, 1.165) is 29.7 Å². The Morgan fingerprint density at radius 3 is 2.50 bits per heavy atom. The van der Waals surface area contributed by atoms with Crippen molar-refractivity contribution in [1.82, 2.24) is 0 Å². The van der Waals surface area contributed by atoms with Crippen LogP contribution in [0.5, 0.6) is 11.5 Å². The van der Waals surface area contributed by atoms with Crippen LogP contribution in [-0.2, 0) is 6.42 Å². The van der Waals surface area contributed by atoms with Crippen molar-refractivity contribution < 1.29 is 9.84 Å². The summed E-state index contributed by atoms with van der Waals surface area (Å²) in [4.78, 5) is 0. The van der Waals surface area contributed by atoms with Crippen LogP contribution in [0.15, 0.2) is 36.4 Å². The van der Waals surface area contributed by atoms with E-state index in [1.54, 1.807) is 0 Å². The molecule has 0 saturated heterocycles. The number of hydrogen-bond donors (Lipinski definition) is 1. The quantitative estimate of drug-likeness (QED) is 0.811. The molecule has 2 rings (SSSR count). The van der Waals surface area contributed by atoms with Crippen molar-refractivity contribution in [2.75, 3.05) is 6.61 Å². The summed E-state index contributed by atoms with van der Waals surface area (Å²) >= 11 is 5.82. The summed E-state index contributed by atoms with van der Waals surface area (Å²) < 4.78 is 5.64. The summed E-state index contributed by atoms with van der Waals surface area (Å²) in [5.74, 6) is 1.22. The molecule has 106 valence electrons. The van der Waals surface area contributed by atoms with E-state index in [0.29, 0.717) is 17.4 Å². The second kappa shape index (κ2) is 6.67. The molecule has 0 amide bonds. The summed E-state index contributed by atoms with van der Waals surface area (Å²) in [7, 11) is 0. The minimum absolute atomic E-state index is 0.405. The summed E-state index contributed by atoms with van der Waals surface area (Å²) in [6.07, 6.45) is 1.67. The molecule has 0 bridgehead atoms. The Labute approximate surface area is 125 Å². The Morgan fingerprint density at radius 1 is 1.10 bits per heavy atom. The van der Waals surface area contributed by atoms with Gasteiger partial charge in [0, 0.05) is 5.02 Å². The third-order valence-corrected chi connectivity index (χ3v) is 3.45. The van der Waals surface area contributed by atoms with Gasteiger partial charge in [0.2, 0.25) is 0 Å². The second-order valence-electron chi connectivity index (χ2n) is 5.00. The Kier molecular flexibility index (Phi) is 4.91. The number of aryl methyl sites for hydroxylation is 3. The van der Waals surface area contributed by atoms with E-state index < -0.39 is 0 Å². The third-order valence-electron chi connectivity index (χ3n) is 3.20. The maximum absolute atomic E-state index is 10.0. The fraction of sp³-hybridized carbons (Fsp3) is 0.294. The Hall–Kier alpha value is -1.67. The minimum atomic E-state index is 0.405. The molecule has 20 heavy (non-hydrogen) atoms. The van der Waals surface area contributed by atoms with E-state index in [1.807, 2.05) is 50.2 Å². The van der Waals surface area contributed by atoms with Gasteiger partial charge in [-0.1, -0.05) is 29.3 Å². The molecule has 0 fully saturated rings. The zero-order valence-electron chi connectivity index (χ0n) is 11.8. The highest BCUT2D eigenvalue weighted by Crippen LogP contribution is 2.25. The van der Waals surface area contributed by atoms with Crippen molar-refractivity contribution in [2.45, 2.75) is 26.7 Å². The number of phenolic OH excluding ortho intramolecular Hbond substituents is 1. The monoisotopic (exact) mass is 290 g/mol. The van der Waals surface area contributed by atoms with Gasteiger partial charge < -0.3 is 9.84 Å². The van der Waals surface area contributed by atoms with Crippen molar-refractivity contribution in [3.63, 3.8) is 0 Å². The second-order valence-corrected chi connectivity index (χ2v) is 5.43. The van der Waals surface area contributed by atoms with Gasteiger partial charge in [-0.15, -0.1) is 0 Å². The molecule has 2 nitrogen and oxygen atoms in total. The van der Waals surface area contributed by atoms with Crippen LogP contribution in [0.1, 0.15) is 23.1 Å². The Balaban J connectivity index is 1.86. The van der Waals surface area contributed by atoms with Gasteiger partial charge in [0.05, 0.1) is 6.61 Å². The number of phenols is 1. The predicted octanol–water partition coefficient (Wildman–Crippen LogP) is 4.67. The largest absolute Gasteiger partial charge is 0.507 e. The summed E-state index contributed by atoms with van der Waals surface area (Å²) in [6, 6.07) is 11.4. The first-order valence-corrected chi connectivity index (χ1v) is 7.11. The van der Waals surface area contributed by atoms with Crippen molar-refractivity contribution in [2.24, 2.45) is 0 Å². The van der Waals surface area contributed by atoms with E-state index in [1.165, 1.54) is 5.56 Å². The van der Waals surface area contributed by atoms with Crippen LogP contribution in [0, 0.1) is 13.8 Å². The minimum Gasteiger partial charge on any atom is -0.507 e. The van der Waals surface area contributed by atoms with Crippen LogP contribution in [0.25, 0.3) is 0 Å². The van der Waals surface area contributed by atoms with E-state index in [9.17, 15) is 5.11 Å². The molecule has 0 aromatic heterocycles. The number of aromatic hydroxyl groups is 1. The van der Waals surface area contributed by atoms with Gasteiger partial charge >= 0.3 is 0 Å². The van der Waals surface area contributed by atoms with Crippen molar-refractivity contribution in [3.05, 3.63) is 58.1 Å². The SMILES string of the molecule is Cc1cc(C)c(O)c(CCCOc2ccc(Cl)cc2)c1. The molecule has 0 atom stereocenters. The van der Waals surface area contributed by atoms with Crippen LogP contribution in [0.3, 0.4) is 0 Å². The molecular weight excluding hydrogens is 272 g/mol. The highest BCUT2D eigenvalue weighted by atomic mass is 35.5. The number of benzene rings is 2. The topological polar surface area (TPSA) is 29.5 Å². The number of hydrogen-bond acceptors (Lipinski definition) is 2. The van der Waals surface area contributed by atoms with Gasteiger partial charge in [0.15, 0.2) is 0 Å². The van der Waals surface area contributed by atoms with Gasteiger partial charge in [-0.2, -0.15) is 0 Å². The average molecular weight is 291 g/mol. The first-order chi connectivity index (χ1) is 9.56. The number of rotatable bonds is 5. The predicted molar refractivity (Wildman–Crippen MR) is 82.8 cm³/mol. The van der Waals surface area contributed by atoms with Crippen molar-refractivity contribution >= 4 is 11.6 Å². The molecular formula is C17H19ClO2. The van der Waals surface area contributed by atoms with Crippen LogP contribution >= 0.6 is 11.6 Å². The highest BCUT2D eigenvalue weighted by molar-refractivity contribution is 6.30. The molecule has 2 aromatic rings. The van der Waals surface area contributed by atoms with Crippen LogP contribution in [0.4, 0.5) is 0 Å². The first kappa shape index (κ1) is 14.7. The number of halogens is 1. The first-order valence-electron chi connectivity index (χ1n) is 6.74. The molecule has 0 unspecified atom stereocenters. The van der Waals surface area contributed by atoms with E-state index in [2.05, 4.69) is 0 Å². The molecule has 2 aromatic carbocycles. The summed E-state index contributed by atoms with van der Waals surface area (Å²) in [5, 5.41) is 10.7. The molecule has 0 spiro atoms. The zero-order valence-corrected chi connectivity index (χ0v) is 12.6. The fourth-order valence-corrected chi connectivity index (χ4v) is 2.35. The zero-order chi connectivity index (χ0) is 14.5. The molecule has 0 aliphatic rings. The smallest absolute Gasteiger partial charge is 0.121 e. The highest BCUT2D eigenvalue weighted by Gasteiger charge is 2.05. The Bertz CT molecular complexity index is 576. The molecule has 0 saturated carbocycles. The number of ether oxygens (including phenoxy) is 1. The standard InChI is InChI=1S/C17H19ClO2/c1-12-10-13(2)17(19)14(11-12)4-3-9-20-16-7-5-15(18)6-8-16/h5-8,10-11,19H,3-4,9H2,1-2H3. The van der Waals surface area contributed by atoms with E-state index in [4.69, 9.17) is 16.3 Å². The lowest BCUT2D eigenvalue weighted by atomic mass is 10.0. The van der Waals surface area contributed by atoms with Crippen molar-refractivity contribution in [3.8, 4) is 11.5 Å². The summed E-state index contributed by atoms with van der Waals surface area (Å²) in [6.45, 7) is 4.59. The molecule has 1 N–H and O–H groups in total. The van der Waals surface area contributed by atoms with Crippen molar-refractivity contribution in [1.29, 1.82) is 0 Å². The maximum Gasteiger partial charge on any atom is 0.121 e. The van der Waals surface area contributed by atoms with E-state index in [-0.39, 0.29) is 0 Å². The van der Waals surface area contributed by atoms with Gasteiger partial charge in [-0.05, 0) is 62.1 Å². The molecule has 0 aliphatic heterocycles. The van der Waals surface area contributed by atoms with Gasteiger partial charge in [-0.3, -0.25) is 0 Å².